The molecule has 0 fully saturated rings. The molecule has 0 heterocycles. The Bertz CT molecular complexity index is 555. The van der Waals surface area contributed by atoms with Crippen molar-refractivity contribution in [2.45, 2.75) is 40.0 Å². The molecule has 0 aliphatic carbocycles. The SMILES string of the molecule is C=C(C)C(=O)NCCCN(C)C.CCCS(=O)(=O)O.CCCS(=O)(=O)O.N. The van der Waals surface area contributed by atoms with Crippen molar-refractivity contribution in [1.82, 2.24) is 16.4 Å². The van der Waals surface area contributed by atoms with Crippen LogP contribution in [0.25, 0.3) is 0 Å². The van der Waals surface area contributed by atoms with Gasteiger partial charge in [-0.05, 0) is 46.8 Å². The van der Waals surface area contributed by atoms with Crippen LogP contribution in [0.1, 0.15) is 40.0 Å². The Hall–Kier alpha value is -1.05. The molecule has 27 heavy (non-hydrogen) atoms. The predicted octanol–water partition coefficient (Wildman–Crippen LogP) is 1.36. The van der Waals surface area contributed by atoms with Crippen molar-refractivity contribution < 1.29 is 30.7 Å². The Labute approximate surface area is 164 Å². The molecule has 0 radical (unpaired) electrons. The van der Waals surface area contributed by atoms with Crippen LogP contribution < -0.4 is 11.5 Å². The quantitative estimate of drug-likeness (QED) is 0.236. The van der Waals surface area contributed by atoms with Crippen molar-refractivity contribution in [3.8, 4) is 0 Å². The maximum absolute atomic E-state index is 11.0. The van der Waals surface area contributed by atoms with Crippen molar-refractivity contribution in [3.05, 3.63) is 12.2 Å². The molecule has 0 bridgehead atoms. The second-order valence-electron chi connectivity index (χ2n) is 5.77. The van der Waals surface area contributed by atoms with E-state index in [0.717, 1.165) is 19.5 Å². The topological polar surface area (TPSA) is 176 Å². The van der Waals surface area contributed by atoms with Gasteiger partial charge < -0.3 is 16.4 Å². The summed E-state index contributed by atoms with van der Waals surface area (Å²) in [6.07, 6.45) is 1.92. The van der Waals surface area contributed by atoms with Crippen LogP contribution in [0.2, 0.25) is 0 Å². The predicted molar refractivity (Wildman–Crippen MR) is 109 cm³/mol. The molecule has 1 amide bonds. The van der Waals surface area contributed by atoms with Gasteiger partial charge in [0.1, 0.15) is 0 Å². The summed E-state index contributed by atoms with van der Waals surface area (Å²) in [7, 11) is -3.32. The molecule has 0 aromatic carbocycles. The van der Waals surface area contributed by atoms with E-state index < -0.39 is 20.2 Å². The number of rotatable bonds is 9. The first-order valence-corrected chi connectivity index (χ1v) is 11.4. The molecular weight excluding hydrogens is 398 g/mol. The van der Waals surface area contributed by atoms with Gasteiger partial charge in [-0.2, -0.15) is 16.8 Å². The average molecular weight is 436 g/mol. The van der Waals surface area contributed by atoms with Crippen molar-refractivity contribution in [2.24, 2.45) is 0 Å². The lowest BCUT2D eigenvalue weighted by Crippen LogP contribution is -2.27. The van der Waals surface area contributed by atoms with Gasteiger partial charge in [0.25, 0.3) is 20.2 Å². The third-order valence-corrected chi connectivity index (χ3v) is 4.23. The first-order chi connectivity index (χ1) is 11.7. The van der Waals surface area contributed by atoms with Gasteiger partial charge in [-0.3, -0.25) is 13.9 Å². The zero-order chi connectivity index (χ0) is 21.4. The molecule has 12 heteroatoms. The molecule has 166 valence electrons. The number of nitrogens with zero attached hydrogens (tertiary/aromatic N) is 1. The number of nitrogens with one attached hydrogen (secondary N) is 1. The minimum atomic E-state index is -3.67. The molecule has 10 nitrogen and oxygen atoms in total. The molecule has 0 unspecified atom stereocenters. The summed E-state index contributed by atoms with van der Waals surface area (Å²) >= 11 is 0. The first kappa shape index (κ1) is 33.5. The van der Waals surface area contributed by atoms with Crippen LogP contribution in [0.15, 0.2) is 12.2 Å². The third-order valence-electron chi connectivity index (χ3n) is 2.38. The lowest BCUT2D eigenvalue weighted by Gasteiger charge is -2.09. The Morgan fingerprint density at radius 2 is 1.37 bits per heavy atom. The van der Waals surface area contributed by atoms with Crippen LogP contribution in [-0.4, -0.2) is 75.4 Å². The summed E-state index contributed by atoms with van der Waals surface area (Å²) in [4.78, 5) is 13.1. The highest BCUT2D eigenvalue weighted by Crippen LogP contribution is 1.87. The van der Waals surface area contributed by atoms with Gasteiger partial charge in [0, 0.05) is 12.1 Å². The fourth-order valence-corrected chi connectivity index (χ4v) is 2.30. The molecule has 0 aliphatic heterocycles. The van der Waals surface area contributed by atoms with Crippen LogP contribution in [0.5, 0.6) is 0 Å². The van der Waals surface area contributed by atoms with Crippen LogP contribution >= 0.6 is 0 Å². The third kappa shape index (κ3) is 40.8. The molecule has 0 aromatic heterocycles. The summed E-state index contributed by atoms with van der Waals surface area (Å²) in [6, 6.07) is 0. The number of amides is 1. The average Bonchev–Trinajstić information content (AvgIpc) is 2.41. The highest BCUT2D eigenvalue weighted by Gasteiger charge is 1.99. The number of hydrogen-bond acceptors (Lipinski definition) is 7. The van der Waals surface area contributed by atoms with Crippen LogP contribution in [-0.2, 0) is 25.0 Å². The Kier molecular flexibility index (Phi) is 22.7. The van der Waals surface area contributed by atoms with E-state index in [1.807, 2.05) is 14.1 Å². The zero-order valence-corrected chi connectivity index (χ0v) is 18.7. The highest BCUT2D eigenvalue weighted by molar-refractivity contribution is 7.86. The maximum atomic E-state index is 11.0. The lowest BCUT2D eigenvalue weighted by molar-refractivity contribution is -0.117. The Morgan fingerprint density at radius 3 is 1.56 bits per heavy atom. The minimum Gasteiger partial charge on any atom is -0.352 e. The summed E-state index contributed by atoms with van der Waals surface area (Å²) in [6.45, 7) is 10.4. The second-order valence-corrected chi connectivity index (χ2v) is 8.91. The first-order valence-electron chi connectivity index (χ1n) is 8.15. The standard InChI is InChI=1S/C9H18N2O.2C3H8O3S.H3N/c1-8(2)9(12)10-6-5-7-11(3)4;2*1-2-3-7(4,5)6;/h1,5-7H2,2-4H3,(H,10,12);2*2-3H2,1H3,(H,4,5,6);1H3. The van der Waals surface area contributed by atoms with Gasteiger partial charge in [-0.15, -0.1) is 0 Å². The largest absolute Gasteiger partial charge is 0.352 e. The fraction of sp³-hybridized carbons (Fsp3) is 0.800. The van der Waals surface area contributed by atoms with Crippen molar-refractivity contribution >= 4 is 26.1 Å². The van der Waals surface area contributed by atoms with Crippen LogP contribution in [0.4, 0.5) is 0 Å². The van der Waals surface area contributed by atoms with E-state index in [-0.39, 0.29) is 23.6 Å². The molecule has 6 N–H and O–H groups in total. The Balaban J connectivity index is -0.000000153. The van der Waals surface area contributed by atoms with Gasteiger partial charge in [-0.1, -0.05) is 20.4 Å². The molecule has 0 atom stereocenters. The summed E-state index contributed by atoms with van der Waals surface area (Å²) in [5.74, 6) is -0.311. The normalized spacial score (nSPS) is 10.5. The summed E-state index contributed by atoms with van der Waals surface area (Å²) < 4.78 is 55.1. The van der Waals surface area contributed by atoms with Crippen LogP contribution in [0.3, 0.4) is 0 Å². The molecule has 0 saturated heterocycles. The van der Waals surface area contributed by atoms with Crippen molar-refractivity contribution in [1.29, 1.82) is 0 Å². The zero-order valence-electron chi connectivity index (χ0n) is 17.1. The van der Waals surface area contributed by atoms with Gasteiger partial charge in [0.05, 0.1) is 11.5 Å². The molecule has 0 spiro atoms. The van der Waals surface area contributed by atoms with E-state index in [0.29, 0.717) is 18.4 Å². The van der Waals surface area contributed by atoms with E-state index in [1.165, 1.54) is 0 Å². The van der Waals surface area contributed by atoms with E-state index >= 15 is 0 Å². The summed E-state index contributed by atoms with van der Waals surface area (Å²) in [5.41, 5.74) is 0.569. The number of carbonyl (C=O) groups excluding carboxylic acids is 1. The van der Waals surface area contributed by atoms with Gasteiger partial charge >= 0.3 is 0 Å². The minimum absolute atomic E-state index is 0. The van der Waals surface area contributed by atoms with E-state index in [2.05, 4.69) is 16.8 Å². The van der Waals surface area contributed by atoms with Crippen molar-refractivity contribution in [3.63, 3.8) is 0 Å². The van der Waals surface area contributed by atoms with Crippen LogP contribution in [0, 0.1) is 0 Å². The number of hydrogen-bond donors (Lipinski definition) is 4. The lowest BCUT2D eigenvalue weighted by atomic mass is 10.3. The molecular formula is C15H37N3O7S2. The van der Waals surface area contributed by atoms with Gasteiger partial charge in [0.15, 0.2) is 0 Å². The smallest absolute Gasteiger partial charge is 0.264 e. The molecule has 0 aromatic rings. The summed E-state index contributed by atoms with van der Waals surface area (Å²) in [5, 5.41) is 2.77. The van der Waals surface area contributed by atoms with Gasteiger partial charge in [0.2, 0.25) is 5.91 Å². The molecule has 0 saturated carbocycles. The van der Waals surface area contributed by atoms with Gasteiger partial charge in [-0.25, -0.2) is 0 Å². The monoisotopic (exact) mass is 435 g/mol. The van der Waals surface area contributed by atoms with E-state index in [1.54, 1.807) is 20.8 Å². The van der Waals surface area contributed by atoms with E-state index in [9.17, 15) is 21.6 Å². The highest BCUT2D eigenvalue weighted by atomic mass is 32.2. The molecule has 0 rings (SSSR count). The van der Waals surface area contributed by atoms with Crippen molar-refractivity contribution in [2.75, 3.05) is 38.7 Å². The van der Waals surface area contributed by atoms with E-state index in [4.69, 9.17) is 9.11 Å². The fourth-order valence-electron chi connectivity index (χ4n) is 1.26. The number of carbonyl (C=O) groups is 1. The Morgan fingerprint density at radius 1 is 1.00 bits per heavy atom. The molecule has 0 aliphatic rings. The maximum Gasteiger partial charge on any atom is 0.264 e. The second kappa shape index (κ2) is 18.3.